The van der Waals surface area contributed by atoms with Gasteiger partial charge in [-0.25, -0.2) is 19.9 Å². The Labute approximate surface area is 400 Å². The highest BCUT2D eigenvalue weighted by Crippen LogP contribution is 2.77. The maximum atomic E-state index is 10.2. The van der Waals surface area contributed by atoms with E-state index in [1.165, 1.54) is 155 Å². The highest BCUT2D eigenvalue weighted by molar-refractivity contribution is 7.00. The molecule has 8 heterocycles. The van der Waals surface area contributed by atoms with Crippen LogP contribution in [0.3, 0.4) is 0 Å². The van der Waals surface area contributed by atoms with Gasteiger partial charge in [0.2, 0.25) is 0 Å². The van der Waals surface area contributed by atoms with E-state index in [1.807, 2.05) is 0 Å². The van der Waals surface area contributed by atoms with Crippen molar-refractivity contribution in [3.05, 3.63) is 63.0 Å². The molecule has 8 nitrogen and oxygen atoms in total. The Kier molecular flexibility index (Phi) is 5.31. The summed E-state index contributed by atoms with van der Waals surface area (Å²) in [5.74, 6) is 7.74. The summed E-state index contributed by atoms with van der Waals surface area (Å²) < 4.78 is 31.0. The molecule has 9 heteroatoms. The van der Waals surface area contributed by atoms with Crippen LogP contribution in [-0.4, -0.2) is 44.6 Å². The summed E-state index contributed by atoms with van der Waals surface area (Å²) in [4.78, 5) is 24.4. The molecular weight excluding hydrogens is 832 g/mol. The molecule has 0 amide bonds. The van der Waals surface area contributed by atoms with Crippen molar-refractivity contribution >= 4 is 57.0 Å². The van der Waals surface area contributed by atoms with Gasteiger partial charge in [-0.1, -0.05) is 20.8 Å². The average molecular weight is 895 g/mol. The van der Waals surface area contributed by atoms with Gasteiger partial charge in [0.15, 0.2) is 22.6 Å². The van der Waals surface area contributed by atoms with Crippen molar-refractivity contribution in [3.63, 3.8) is 0 Å². The normalized spacial score (nSPS) is 40.3. The van der Waals surface area contributed by atoms with Crippen LogP contribution in [0.2, 0.25) is 0 Å². The van der Waals surface area contributed by atoms with E-state index in [4.69, 9.17) is 19.9 Å². The molecule has 8 fully saturated rings. The van der Waals surface area contributed by atoms with Crippen molar-refractivity contribution in [2.45, 2.75) is 190 Å². The van der Waals surface area contributed by atoms with Crippen LogP contribution in [-0.2, 0) is 6.37 Å². The molecule has 2 aliphatic heterocycles. The topological polar surface area (TPSA) is 70.2 Å². The highest BCUT2D eigenvalue weighted by Gasteiger charge is 2.68. The van der Waals surface area contributed by atoms with E-state index >= 15 is 0 Å². The van der Waals surface area contributed by atoms with E-state index < -0.39 is 11.8 Å². The molecule has 10 atom stereocenters. The van der Waals surface area contributed by atoms with E-state index in [2.05, 4.69) is 50.8 Å². The number of hydrogen-bond acceptors (Lipinski definition) is 4. The second kappa shape index (κ2) is 10.6. The van der Waals surface area contributed by atoms with Gasteiger partial charge in [-0.3, -0.25) is 17.9 Å². The van der Waals surface area contributed by atoms with Crippen molar-refractivity contribution in [3.8, 4) is 11.4 Å². The average Bonchev–Trinajstić information content (AvgIpc) is 4.24. The molecule has 340 valence electrons. The molecule has 16 aliphatic rings. The molecule has 8 saturated carbocycles. The molecule has 2 spiro atoms. The molecule has 68 heavy (non-hydrogen) atoms. The summed E-state index contributed by atoms with van der Waals surface area (Å²) in [6.07, 6.45) is 21.9. The first-order valence-corrected chi connectivity index (χ1v) is 28.2. The molecular formula is C59H61BN8. The van der Waals surface area contributed by atoms with Crippen molar-refractivity contribution in [1.82, 2.24) is 37.9 Å². The minimum atomic E-state index is -1.62. The van der Waals surface area contributed by atoms with Gasteiger partial charge in [0.1, 0.15) is 11.3 Å². The smallest absolute Gasteiger partial charge is 0.257 e. The summed E-state index contributed by atoms with van der Waals surface area (Å²) in [5.41, 5.74) is 26.6. The lowest BCUT2D eigenvalue weighted by Gasteiger charge is -2.48. The molecule has 23 rings (SSSR count). The lowest BCUT2D eigenvalue weighted by molar-refractivity contribution is 0.00320. The number of fused-ring (bicyclic) bond motifs is 24. The zero-order chi connectivity index (χ0) is 45.3. The third-order valence-electron chi connectivity index (χ3n) is 24.4. The first kappa shape index (κ1) is 34.0. The zero-order valence-electron chi connectivity index (χ0n) is 42.0. The standard InChI is InChI=1S/C59H61BN8/c1-57(2,3)20-25-12-38-42-39(13-25)66-52-54(64-48-33-17-37-19-35-15-31(46(48)62-52)22-59(35,37)24-33)68-50-29-10-6-27(7-11-29)41(50)44(56(66)68)60(42)43-40-26-4-8-28(9-5-26)49(40)67-53-51(65(38)55(43)67)61-45-30-14-34-18-36-16-32(47(45)63-53)23-58(34,36)21-30/h12-13,26-37H,4-11,14-24H2,1-3H3/i20D2. The monoisotopic (exact) mass is 895 g/mol. The number of hydrogen-bond donors (Lipinski definition) is 0. The predicted octanol–water partition coefficient (Wildman–Crippen LogP) is 10.7. The summed E-state index contributed by atoms with van der Waals surface area (Å²) >= 11 is 0. The fraction of sp³-hybridized carbons (Fsp3) is 0.627. The zero-order valence-corrected chi connectivity index (χ0v) is 40.0. The molecule has 10 unspecified atom stereocenters. The van der Waals surface area contributed by atoms with Crippen molar-refractivity contribution in [1.29, 1.82) is 0 Å². The number of aromatic nitrogens is 8. The number of rotatable bonds is 1. The Morgan fingerprint density at radius 3 is 1.29 bits per heavy atom. The van der Waals surface area contributed by atoms with Crippen LogP contribution >= 0.6 is 0 Å². The third-order valence-corrected chi connectivity index (χ3v) is 24.4. The predicted molar refractivity (Wildman–Crippen MR) is 265 cm³/mol. The minimum absolute atomic E-state index is 0.0508. The Hall–Kier alpha value is -4.40. The third kappa shape index (κ3) is 3.55. The van der Waals surface area contributed by atoms with Crippen LogP contribution < -0.4 is 16.4 Å². The quantitative estimate of drug-likeness (QED) is 0.154. The Bertz CT molecular complexity index is 3560. The van der Waals surface area contributed by atoms with Gasteiger partial charge < -0.3 is 0 Å². The Morgan fingerprint density at radius 1 is 0.515 bits per heavy atom. The second-order valence-corrected chi connectivity index (χ2v) is 27.8. The van der Waals surface area contributed by atoms with Crippen molar-refractivity contribution in [2.24, 2.45) is 39.9 Å². The highest BCUT2D eigenvalue weighted by atomic mass is 15.3. The minimum Gasteiger partial charge on any atom is -0.281 e. The summed E-state index contributed by atoms with van der Waals surface area (Å²) in [7, 11) is 0. The van der Waals surface area contributed by atoms with Gasteiger partial charge in [-0.15, -0.1) is 0 Å². The van der Waals surface area contributed by atoms with E-state index in [0.29, 0.717) is 58.2 Å². The largest absolute Gasteiger partial charge is 0.281 e. The van der Waals surface area contributed by atoms with E-state index in [-0.39, 0.29) is 6.71 Å². The molecule has 1 aromatic carbocycles. The van der Waals surface area contributed by atoms with Crippen LogP contribution in [0.25, 0.3) is 45.3 Å². The van der Waals surface area contributed by atoms with Gasteiger partial charge in [0.05, 0.1) is 22.8 Å². The van der Waals surface area contributed by atoms with Crippen molar-refractivity contribution in [2.75, 3.05) is 0 Å². The van der Waals surface area contributed by atoms with Gasteiger partial charge in [-0.05, 0) is 231 Å². The van der Waals surface area contributed by atoms with Crippen molar-refractivity contribution < 1.29 is 2.74 Å². The maximum Gasteiger partial charge on any atom is 0.257 e. The maximum absolute atomic E-state index is 10.2. The summed E-state index contributed by atoms with van der Waals surface area (Å²) in [5, 5.41) is 0. The first-order valence-electron chi connectivity index (χ1n) is 29.2. The second-order valence-electron chi connectivity index (χ2n) is 27.8. The number of imidazole rings is 2. The van der Waals surface area contributed by atoms with Crippen LogP contribution in [0.15, 0.2) is 12.1 Å². The van der Waals surface area contributed by atoms with Gasteiger partial charge in [-0.2, -0.15) is 0 Å². The first-order chi connectivity index (χ1) is 34.0. The lowest BCUT2D eigenvalue weighted by atomic mass is 9.32. The molecule has 7 aromatic rings. The number of benzene rings is 1. The van der Waals surface area contributed by atoms with E-state index in [9.17, 15) is 2.74 Å². The van der Waals surface area contributed by atoms with Gasteiger partial charge in [0.25, 0.3) is 6.71 Å². The van der Waals surface area contributed by atoms with E-state index in [1.54, 1.807) is 33.4 Å². The summed E-state index contributed by atoms with van der Waals surface area (Å²) in [6, 6.07) is 4.66. The summed E-state index contributed by atoms with van der Waals surface area (Å²) in [6.45, 7) is 6.34. The van der Waals surface area contributed by atoms with E-state index in [0.717, 1.165) is 63.2 Å². The Balaban J connectivity index is 0.943. The fourth-order valence-corrected chi connectivity index (χ4v) is 22.4. The van der Waals surface area contributed by atoms with Crippen LogP contribution in [0, 0.1) is 39.9 Å². The molecule has 6 aromatic heterocycles. The van der Waals surface area contributed by atoms with Crippen LogP contribution in [0.4, 0.5) is 0 Å². The van der Waals surface area contributed by atoms with Gasteiger partial charge >= 0.3 is 0 Å². The SMILES string of the molecule is [2H]C([2H])(c1cc2c3c(c1)-n1c4nc5c(nc4n4c6c(c(c14)B3c1c3c(n4c7nc8c(nc7n-2c14)C1CC2CC4CC8CC24C1)C1CCC3CC1)C1CCC6CC1)C1CC2CC3CC5CC32C1)C(C)(C)C. The molecule has 10 bridgehead atoms. The molecule has 0 radical (unpaired) electrons. The lowest BCUT2D eigenvalue weighted by Crippen LogP contribution is -2.61. The number of nitrogens with zero attached hydrogens (tertiary/aromatic N) is 8. The molecule has 0 saturated heterocycles. The van der Waals surface area contributed by atoms with Crippen LogP contribution in [0.1, 0.15) is 237 Å². The molecule has 0 N–H and O–H groups in total. The molecule has 14 aliphatic carbocycles. The van der Waals surface area contributed by atoms with Gasteiger partial charge in [0, 0.05) is 49.2 Å². The van der Waals surface area contributed by atoms with Crippen LogP contribution in [0.5, 0.6) is 0 Å². The fourth-order valence-electron chi connectivity index (χ4n) is 22.4. The Morgan fingerprint density at radius 2 is 0.897 bits per heavy atom.